The molecule has 8 nitrogen and oxygen atoms in total. The van der Waals surface area contributed by atoms with Crippen LogP contribution in [0, 0.1) is 12.3 Å². The molecule has 5 rings (SSSR count). The van der Waals surface area contributed by atoms with Gasteiger partial charge in [0.05, 0.1) is 29.4 Å². The fourth-order valence-corrected chi connectivity index (χ4v) is 5.14. The van der Waals surface area contributed by atoms with E-state index in [-0.39, 0.29) is 23.8 Å². The van der Waals surface area contributed by atoms with Gasteiger partial charge in [0.15, 0.2) is 5.78 Å². The van der Waals surface area contributed by atoms with Crippen LogP contribution in [-0.2, 0) is 22.5 Å². The number of piperidine rings is 1. The third kappa shape index (κ3) is 3.05. The van der Waals surface area contributed by atoms with Crippen molar-refractivity contribution in [1.29, 1.82) is 0 Å². The minimum absolute atomic E-state index is 0.00774. The second kappa shape index (κ2) is 7.11. The maximum Gasteiger partial charge on any atom is 0.312 e. The summed E-state index contributed by atoms with van der Waals surface area (Å²) in [6.07, 6.45) is 8.83. The van der Waals surface area contributed by atoms with Crippen molar-refractivity contribution in [3.05, 3.63) is 41.4 Å². The van der Waals surface area contributed by atoms with Crippen molar-refractivity contribution >= 4 is 17.7 Å². The van der Waals surface area contributed by atoms with E-state index in [0.717, 1.165) is 6.42 Å². The summed E-state index contributed by atoms with van der Waals surface area (Å²) < 4.78 is 13.3. The number of esters is 1. The number of hydrogen-bond acceptors (Lipinski definition) is 6. The number of Topliss-reactive ketones (excluding diaryl/α,β-unsaturated/α-hetero) is 1. The summed E-state index contributed by atoms with van der Waals surface area (Å²) >= 11 is 0. The first-order valence-electron chi connectivity index (χ1n) is 10.6. The number of carbonyl (C=O) groups is 3. The number of amides is 1. The number of likely N-dealkylation sites (tertiary alicyclic amines) is 1. The lowest BCUT2D eigenvalue weighted by molar-refractivity contribution is -0.150. The highest BCUT2D eigenvalue weighted by atomic mass is 16.6. The molecule has 2 aromatic rings. The molecule has 1 aliphatic carbocycles. The lowest BCUT2D eigenvalue weighted by atomic mass is 9.76. The van der Waals surface area contributed by atoms with Gasteiger partial charge in [-0.25, -0.2) is 4.98 Å². The molecule has 2 fully saturated rings. The van der Waals surface area contributed by atoms with Gasteiger partial charge in [0.2, 0.25) is 0 Å². The van der Waals surface area contributed by atoms with Crippen molar-refractivity contribution < 1.29 is 23.5 Å². The molecule has 3 aliphatic rings. The van der Waals surface area contributed by atoms with Gasteiger partial charge in [-0.3, -0.25) is 14.4 Å². The van der Waals surface area contributed by atoms with Crippen molar-refractivity contribution in [2.45, 2.75) is 58.1 Å². The predicted molar refractivity (Wildman–Crippen MR) is 105 cm³/mol. The number of nitrogens with zero attached hydrogens (tertiary/aromatic N) is 3. The molecular formula is C22H25N3O5. The van der Waals surface area contributed by atoms with Gasteiger partial charge in [-0.1, -0.05) is 0 Å². The van der Waals surface area contributed by atoms with Crippen LogP contribution in [0.5, 0.6) is 0 Å². The standard InChI is InChI=1S/C22H25N3O5/c1-14-18(19-16(26)3-2-4-17(19)29-14)20(27)25-8-5-22(6-9-25)11-15(30-21(22)28)12-24-10-7-23-13-24/h7,10,13,15H,2-6,8-9,11-12H2,1H3. The highest BCUT2D eigenvalue weighted by Crippen LogP contribution is 2.44. The molecule has 2 saturated heterocycles. The molecule has 1 atom stereocenters. The van der Waals surface area contributed by atoms with E-state index in [2.05, 4.69) is 4.98 Å². The zero-order chi connectivity index (χ0) is 20.9. The number of fused-ring (bicyclic) bond motifs is 1. The number of imidazole rings is 1. The number of rotatable bonds is 3. The van der Waals surface area contributed by atoms with Crippen molar-refractivity contribution in [3.63, 3.8) is 0 Å². The van der Waals surface area contributed by atoms with Crippen molar-refractivity contribution in [2.24, 2.45) is 5.41 Å². The smallest absolute Gasteiger partial charge is 0.312 e. The first-order valence-corrected chi connectivity index (χ1v) is 10.6. The lowest BCUT2D eigenvalue weighted by Crippen LogP contribution is -2.45. The minimum Gasteiger partial charge on any atom is -0.465 e. The molecule has 158 valence electrons. The van der Waals surface area contributed by atoms with E-state index in [0.29, 0.717) is 74.4 Å². The van der Waals surface area contributed by atoms with Crippen LogP contribution >= 0.6 is 0 Å². The Labute approximate surface area is 174 Å². The maximum atomic E-state index is 13.2. The van der Waals surface area contributed by atoms with Gasteiger partial charge in [0.1, 0.15) is 17.6 Å². The maximum absolute atomic E-state index is 13.2. The summed E-state index contributed by atoms with van der Waals surface area (Å²) in [6, 6.07) is 0. The summed E-state index contributed by atoms with van der Waals surface area (Å²) in [7, 11) is 0. The number of cyclic esters (lactones) is 1. The second-order valence-electron chi connectivity index (χ2n) is 8.67. The zero-order valence-electron chi connectivity index (χ0n) is 17.1. The van der Waals surface area contributed by atoms with E-state index in [4.69, 9.17) is 9.15 Å². The van der Waals surface area contributed by atoms with Crippen LogP contribution in [0.3, 0.4) is 0 Å². The molecule has 2 aliphatic heterocycles. The summed E-state index contributed by atoms with van der Waals surface area (Å²) in [5.41, 5.74) is 0.366. The van der Waals surface area contributed by atoms with Crippen molar-refractivity contribution in [3.8, 4) is 0 Å². The van der Waals surface area contributed by atoms with Crippen LogP contribution in [0.1, 0.15) is 64.3 Å². The molecule has 2 aromatic heterocycles. The van der Waals surface area contributed by atoms with Crippen LogP contribution < -0.4 is 0 Å². The summed E-state index contributed by atoms with van der Waals surface area (Å²) in [6.45, 7) is 3.29. The number of furan rings is 1. The number of carbonyl (C=O) groups excluding carboxylic acids is 3. The zero-order valence-corrected chi connectivity index (χ0v) is 17.1. The average molecular weight is 411 g/mol. The monoisotopic (exact) mass is 411 g/mol. The lowest BCUT2D eigenvalue weighted by Gasteiger charge is -2.36. The Kier molecular flexibility index (Phi) is 4.52. The molecule has 8 heteroatoms. The number of hydrogen-bond donors (Lipinski definition) is 0. The highest BCUT2D eigenvalue weighted by Gasteiger charge is 2.51. The van der Waals surface area contributed by atoms with Crippen LogP contribution in [0.25, 0.3) is 0 Å². The summed E-state index contributed by atoms with van der Waals surface area (Å²) in [4.78, 5) is 44.1. The van der Waals surface area contributed by atoms with Gasteiger partial charge in [-0.2, -0.15) is 0 Å². The predicted octanol–water partition coefficient (Wildman–Crippen LogP) is 2.54. The molecule has 0 bridgehead atoms. The quantitative estimate of drug-likeness (QED) is 0.721. The molecule has 0 aromatic carbocycles. The number of aryl methyl sites for hydroxylation is 2. The Bertz CT molecular complexity index is 998. The van der Waals surface area contributed by atoms with Gasteiger partial charge in [0, 0.05) is 44.7 Å². The van der Waals surface area contributed by atoms with Crippen molar-refractivity contribution in [2.75, 3.05) is 13.1 Å². The molecule has 0 N–H and O–H groups in total. The molecular weight excluding hydrogens is 386 g/mol. The molecule has 0 saturated carbocycles. The van der Waals surface area contributed by atoms with Gasteiger partial charge in [-0.05, 0) is 26.2 Å². The number of ketones is 1. The molecule has 4 heterocycles. The average Bonchev–Trinajstić information content (AvgIpc) is 3.42. The van der Waals surface area contributed by atoms with E-state index in [1.165, 1.54) is 0 Å². The Hall–Kier alpha value is -2.90. The Balaban J connectivity index is 1.29. The van der Waals surface area contributed by atoms with Crippen LogP contribution in [0.15, 0.2) is 23.1 Å². The normalized spacial score (nSPS) is 23.0. The van der Waals surface area contributed by atoms with Crippen molar-refractivity contribution in [1.82, 2.24) is 14.5 Å². The Morgan fingerprint density at radius 1 is 1.27 bits per heavy atom. The van der Waals surface area contributed by atoms with Gasteiger partial charge in [0.25, 0.3) is 5.91 Å². The molecule has 0 radical (unpaired) electrons. The van der Waals surface area contributed by atoms with Crippen LogP contribution in [0.2, 0.25) is 0 Å². The Morgan fingerprint density at radius 3 is 2.80 bits per heavy atom. The largest absolute Gasteiger partial charge is 0.465 e. The second-order valence-corrected chi connectivity index (χ2v) is 8.67. The number of ether oxygens (including phenoxy) is 1. The molecule has 1 spiro atoms. The first-order chi connectivity index (χ1) is 14.5. The summed E-state index contributed by atoms with van der Waals surface area (Å²) in [5, 5.41) is 0. The minimum atomic E-state index is -0.525. The van der Waals surface area contributed by atoms with E-state index in [1.54, 1.807) is 24.3 Å². The SMILES string of the molecule is Cc1oc2c(c1C(=O)N1CCC3(CC1)CC(Cn1ccnc1)OC3=O)C(=O)CCC2. The van der Waals surface area contributed by atoms with Gasteiger partial charge >= 0.3 is 5.97 Å². The van der Waals surface area contributed by atoms with E-state index in [9.17, 15) is 14.4 Å². The molecule has 1 amide bonds. The van der Waals surface area contributed by atoms with Gasteiger partial charge < -0.3 is 18.6 Å². The fourth-order valence-electron chi connectivity index (χ4n) is 5.14. The topological polar surface area (TPSA) is 94.6 Å². The van der Waals surface area contributed by atoms with E-state index >= 15 is 0 Å². The van der Waals surface area contributed by atoms with E-state index < -0.39 is 5.41 Å². The number of aromatic nitrogens is 2. The van der Waals surface area contributed by atoms with Gasteiger partial charge in [-0.15, -0.1) is 0 Å². The van der Waals surface area contributed by atoms with Crippen LogP contribution in [0.4, 0.5) is 0 Å². The first kappa shape index (κ1) is 19.1. The molecule has 30 heavy (non-hydrogen) atoms. The van der Waals surface area contributed by atoms with E-state index in [1.807, 2.05) is 10.8 Å². The molecule has 1 unspecified atom stereocenters. The van der Waals surface area contributed by atoms with Crippen LogP contribution in [-0.4, -0.2) is 51.3 Å². The Morgan fingerprint density at radius 2 is 2.07 bits per heavy atom. The third-order valence-corrected chi connectivity index (χ3v) is 6.76. The fraction of sp³-hybridized carbons (Fsp3) is 0.545. The summed E-state index contributed by atoms with van der Waals surface area (Å²) in [5.74, 6) is 0.825. The third-order valence-electron chi connectivity index (χ3n) is 6.76. The highest BCUT2D eigenvalue weighted by molar-refractivity contribution is 6.10.